The molecular weight excluding hydrogens is 518 g/mol. The van der Waals surface area contributed by atoms with Crippen LogP contribution in [-0.4, -0.2) is 78.8 Å². The normalized spacial score (nSPS) is 28.1. The number of amides is 3. The highest BCUT2D eigenvalue weighted by atomic mass is 16.2. The second kappa shape index (κ2) is 12.4. The lowest BCUT2D eigenvalue weighted by atomic mass is 9.77. The Balaban J connectivity index is 1.26. The number of hydrogen-bond donors (Lipinski definition) is 1. The van der Waals surface area contributed by atoms with Gasteiger partial charge in [-0.1, -0.05) is 20.8 Å². The molecule has 1 N–H and O–H groups in total. The minimum atomic E-state index is 0.0828. The number of aryl methyl sites for hydroxylation is 2. The van der Waals surface area contributed by atoms with E-state index in [4.69, 9.17) is 0 Å². The van der Waals surface area contributed by atoms with Crippen molar-refractivity contribution in [3.63, 3.8) is 0 Å². The number of piperidine rings is 2. The van der Waals surface area contributed by atoms with E-state index in [1.54, 1.807) is 4.52 Å². The van der Waals surface area contributed by atoms with Gasteiger partial charge in [0.25, 0.3) is 5.78 Å². The summed E-state index contributed by atoms with van der Waals surface area (Å²) in [7, 11) is 0. The Hall–Kier alpha value is -3.04. The number of aromatic nitrogens is 4. The standard InChI is InChI=1S/C31H47N7O3/c1-19(2)26-11-9-20(3)13-30(41)37-16-23-14-24(27(37)7-6-8-28(39)35-26)17-36(15-23)29(40)12-10-25-21(4)34-31-32-18-33-38(31)22(25)5/h18-20,23-24,26-27H,6-17H2,1-5H3,(H,35,39)/t20-,23+,24-,26+,27+/m1/s1. The van der Waals surface area contributed by atoms with Gasteiger partial charge in [-0.25, -0.2) is 9.50 Å². The van der Waals surface area contributed by atoms with Gasteiger partial charge in [0, 0.05) is 62.4 Å². The molecule has 3 saturated heterocycles. The van der Waals surface area contributed by atoms with E-state index >= 15 is 0 Å². The lowest BCUT2D eigenvalue weighted by Crippen LogP contribution is -2.60. The Morgan fingerprint density at radius 1 is 1.12 bits per heavy atom. The van der Waals surface area contributed by atoms with E-state index in [2.05, 4.69) is 46.1 Å². The van der Waals surface area contributed by atoms with E-state index in [0.717, 1.165) is 49.1 Å². The van der Waals surface area contributed by atoms with Gasteiger partial charge < -0.3 is 15.1 Å². The third-order valence-corrected chi connectivity index (χ3v) is 9.77. The topological polar surface area (TPSA) is 113 Å². The second-order valence-corrected chi connectivity index (χ2v) is 13.2. The van der Waals surface area contributed by atoms with Crippen LogP contribution in [0, 0.1) is 37.5 Å². The Morgan fingerprint density at radius 3 is 2.71 bits per heavy atom. The molecule has 0 saturated carbocycles. The monoisotopic (exact) mass is 565 g/mol. The fourth-order valence-electron chi connectivity index (χ4n) is 7.42. The summed E-state index contributed by atoms with van der Waals surface area (Å²) in [5, 5.41) is 7.54. The molecule has 2 aromatic rings. The predicted octanol–water partition coefficient (Wildman–Crippen LogP) is 3.48. The van der Waals surface area contributed by atoms with Crippen molar-refractivity contribution in [2.45, 2.75) is 104 Å². The molecule has 3 amide bonds. The first-order valence-electron chi connectivity index (χ1n) is 15.6. The van der Waals surface area contributed by atoms with Gasteiger partial charge in [-0.2, -0.15) is 10.1 Å². The number of fused-ring (bicyclic) bond motifs is 5. The van der Waals surface area contributed by atoms with Crippen molar-refractivity contribution in [2.24, 2.45) is 23.7 Å². The zero-order valence-electron chi connectivity index (χ0n) is 25.4. The number of hydrogen-bond acceptors (Lipinski definition) is 6. The third kappa shape index (κ3) is 6.56. The van der Waals surface area contributed by atoms with Crippen LogP contribution in [-0.2, 0) is 20.8 Å². The first-order chi connectivity index (χ1) is 19.6. The summed E-state index contributed by atoms with van der Waals surface area (Å²) in [4.78, 5) is 52.9. The van der Waals surface area contributed by atoms with Gasteiger partial charge in [0.1, 0.15) is 6.33 Å². The smallest absolute Gasteiger partial charge is 0.252 e. The van der Waals surface area contributed by atoms with Crippen LogP contribution in [0.3, 0.4) is 0 Å². The second-order valence-electron chi connectivity index (χ2n) is 13.2. The Morgan fingerprint density at radius 2 is 1.93 bits per heavy atom. The number of carbonyl (C=O) groups excluding carboxylic acids is 3. The fraction of sp³-hybridized carbons (Fsp3) is 0.742. The van der Waals surface area contributed by atoms with E-state index in [1.807, 2.05) is 18.7 Å². The van der Waals surface area contributed by atoms with Crippen LogP contribution in [0.2, 0.25) is 0 Å². The average Bonchev–Trinajstić information content (AvgIpc) is 3.39. The predicted molar refractivity (Wildman–Crippen MR) is 156 cm³/mol. The van der Waals surface area contributed by atoms with Crippen molar-refractivity contribution in [2.75, 3.05) is 19.6 Å². The van der Waals surface area contributed by atoms with Gasteiger partial charge in [-0.15, -0.1) is 0 Å². The molecular formula is C31H47N7O3. The molecule has 2 aromatic heterocycles. The molecule has 0 aromatic carbocycles. The van der Waals surface area contributed by atoms with Gasteiger partial charge >= 0.3 is 0 Å². The molecule has 10 nitrogen and oxygen atoms in total. The molecule has 0 unspecified atom stereocenters. The summed E-state index contributed by atoms with van der Waals surface area (Å²) in [6.45, 7) is 12.5. The number of carbonyl (C=O) groups is 3. The fourth-order valence-corrected chi connectivity index (χ4v) is 7.42. The van der Waals surface area contributed by atoms with Crippen LogP contribution >= 0.6 is 0 Å². The quantitative estimate of drug-likeness (QED) is 0.608. The van der Waals surface area contributed by atoms with E-state index in [-0.39, 0.29) is 41.6 Å². The number of likely N-dealkylation sites (tertiary alicyclic amines) is 1. The minimum Gasteiger partial charge on any atom is -0.353 e. The van der Waals surface area contributed by atoms with Gasteiger partial charge in [0.2, 0.25) is 17.7 Å². The lowest BCUT2D eigenvalue weighted by Gasteiger charge is -2.51. The highest BCUT2D eigenvalue weighted by molar-refractivity contribution is 5.78. The Bertz CT molecular complexity index is 1270. The maximum atomic E-state index is 13.6. The maximum absolute atomic E-state index is 13.6. The van der Waals surface area contributed by atoms with Crippen LogP contribution in [0.1, 0.15) is 89.1 Å². The molecule has 5 heterocycles. The van der Waals surface area contributed by atoms with Crippen molar-refractivity contribution in [3.8, 4) is 0 Å². The zero-order valence-corrected chi connectivity index (χ0v) is 25.4. The highest BCUT2D eigenvalue weighted by Crippen LogP contribution is 2.37. The molecule has 224 valence electrons. The molecule has 0 radical (unpaired) electrons. The molecule has 3 aliphatic rings. The first kappa shape index (κ1) is 29.5. The van der Waals surface area contributed by atoms with Gasteiger partial charge in [-0.3, -0.25) is 14.4 Å². The minimum absolute atomic E-state index is 0.0828. The largest absolute Gasteiger partial charge is 0.353 e. The van der Waals surface area contributed by atoms with Crippen LogP contribution in [0.5, 0.6) is 0 Å². The molecule has 0 aliphatic carbocycles. The summed E-state index contributed by atoms with van der Waals surface area (Å²) in [6, 6.07) is 0.239. The maximum Gasteiger partial charge on any atom is 0.252 e. The van der Waals surface area contributed by atoms with E-state index < -0.39 is 0 Å². The Labute approximate surface area is 243 Å². The molecule has 10 heteroatoms. The van der Waals surface area contributed by atoms with E-state index in [0.29, 0.717) is 62.9 Å². The molecule has 41 heavy (non-hydrogen) atoms. The van der Waals surface area contributed by atoms with E-state index in [9.17, 15) is 14.4 Å². The average molecular weight is 566 g/mol. The summed E-state index contributed by atoms with van der Waals surface area (Å²) in [5.74, 6) is 2.31. The Kier molecular flexibility index (Phi) is 8.94. The van der Waals surface area contributed by atoms with Crippen LogP contribution < -0.4 is 5.32 Å². The molecule has 5 atom stereocenters. The summed E-state index contributed by atoms with van der Waals surface area (Å²) in [6.07, 6.45) is 8.03. The SMILES string of the molecule is Cc1nc2ncnn2c(C)c1CCC(=O)N1C[C@@H]2C[C@H](C1)[C@@H]1CCCC(=O)N[C@H](C(C)C)CC[C@@H](C)CC(=O)N1C2. The van der Waals surface area contributed by atoms with Gasteiger partial charge in [0.15, 0.2) is 0 Å². The van der Waals surface area contributed by atoms with Crippen molar-refractivity contribution >= 4 is 23.5 Å². The number of nitrogens with zero attached hydrogens (tertiary/aromatic N) is 6. The number of rotatable bonds is 4. The molecule has 2 bridgehead atoms. The zero-order chi connectivity index (χ0) is 29.3. The molecule has 5 rings (SSSR count). The third-order valence-electron chi connectivity index (χ3n) is 9.77. The van der Waals surface area contributed by atoms with Crippen LogP contribution in [0.25, 0.3) is 5.78 Å². The summed E-state index contributed by atoms with van der Waals surface area (Å²) >= 11 is 0. The summed E-state index contributed by atoms with van der Waals surface area (Å²) < 4.78 is 1.74. The van der Waals surface area contributed by atoms with Crippen molar-refractivity contribution in [3.05, 3.63) is 23.3 Å². The van der Waals surface area contributed by atoms with Crippen molar-refractivity contribution < 1.29 is 14.4 Å². The molecule has 0 spiro atoms. The molecule has 3 aliphatic heterocycles. The van der Waals surface area contributed by atoms with Crippen molar-refractivity contribution in [1.29, 1.82) is 0 Å². The van der Waals surface area contributed by atoms with E-state index in [1.165, 1.54) is 6.33 Å². The van der Waals surface area contributed by atoms with Gasteiger partial charge in [0.05, 0.1) is 0 Å². The summed E-state index contributed by atoms with van der Waals surface area (Å²) in [5.41, 5.74) is 2.92. The first-order valence-corrected chi connectivity index (χ1v) is 15.6. The van der Waals surface area contributed by atoms with Gasteiger partial charge in [-0.05, 0) is 81.6 Å². The number of nitrogens with one attached hydrogen (secondary N) is 1. The molecule has 3 fully saturated rings. The lowest BCUT2D eigenvalue weighted by molar-refractivity contribution is -0.146. The highest BCUT2D eigenvalue weighted by Gasteiger charge is 2.43. The van der Waals surface area contributed by atoms with Crippen LogP contribution in [0.4, 0.5) is 0 Å². The van der Waals surface area contributed by atoms with Crippen molar-refractivity contribution in [1.82, 2.24) is 34.7 Å². The van der Waals surface area contributed by atoms with Crippen LogP contribution in [0.15, 0.2) is 6.33 Å².